The minimum Gasteiger partial charge on any atom is -0.497 e. The summed E-state index contributed by atoms with van der Waals surface area (Å²) < 4.78 is 5.11. The van der Waals surface area contributed by atoms with E-state index in [1.165, 1.54) is 12.1 Å². The fourth-order valence-corrected chi connectivity index (χ4v) is 2.27. The summed E-state index contributed by atoms with van der Waals surface area (Å²) in [6.07, 6.45) is 2.97. The molecular formula is C18H16Cl2N2O3. The summed E-state index contributed by atoms with van der Waals surface area (Å²) in [6.45, 7) is -0.190. The Bertz CT molecular complexity index is 807. The number of benzene rings is 2. The van der Waals surface area contributed by atoms with E-state index in [0.717, 1.165) is 5.56 Å². The van der Waals surface area contributed by atoms with Crippen molar-refractivity contribution in [3.63, 3.8) is 0 Å². The fraction of sp³-hybridized carbons (Fsp3) is 0.111. The van der Waals surface area contributed by atoms with Crippen LogP contribution in [0.4, 0.5) is 5.69 Å². The molecule has 0 aliphatic carbocycles. The first-order valence-corrected chi connectivity index (χ1v) is 8.08. The van der Waals surface area contributed by atoms with Gasteiger partial charge in [0.2, 0.25) is 11.8 Å². The number of carbonyl (C=O) groups excluding carboxylic acids is 2. The largest absolute Gasteiger partial charge is 0.497 e. The lowest BCUT2D eigenvalue weighted by Gasteiger charge is -2.08. The molecule has 2 aromatic carbocycles. The molecule has 7 heteroatoms. The van der Waals surface area contributed by atoms with Gasteiger partial charge in [0.05, 0.1) is 24.4 Å². The summed E-state index contributed by atoms with van der Waals surface area (Å²) in [5.74, 6) is -0.109. The average molecular weight is 379 g/mol. The number of halogens is 2. The van der Waals surface area contributed by atoms with Gasteiger partial charge in [-0.25, -0.2) is 0 Å². The molecule has 0 spiro atoms. The molecule has 0 saturated heterocycles. The van der Waals surface area contributed by atoms with E-state index in [1.54, 1.807) is 31.4 Å². The Kier molecular flexibility index (Phi) is 6.86. The summed E-state index contributed by atoms with van der Waals surface area (Å²) in [5, 5.41) is 5.89. The fourth-order valence-electron chi connectivity index (χ4n) is 1.93. The lowest BCUT2D eigenvalue weighted by Crippen LogP contribution is -2.31. The van der Waals surface area contributed by atoms with E-state index in [9.17, 15) is 9.59 Å². The first kappa shape index (κ1) is 18.8. The van der Waals surface area contributed by atoms with Crippen LogP contribution in [-0.4, -0.2) is 25.5 Å². The highest BCUT2D eigenvalue weighted by atomic mass is 35.5. The Labute approximate surface area is 155 Å². The number of rotatable bonds is 6. The molecule has 5 nitrogen and oxygen atoms in total. The molecule has 0 radical (unpaired) electrons. The normalized spacial score (nSPS) is 10.5. The maximum atomic E-state index is 11.9. The maximum Gasteiger partial charge on any atom is 0.244 e. The second-order valence-electron chi connectivity index (χ2n) is 5.00. The standard InChI is InChI=1S/C18H16Cl2N2O3/c1-25-14-4-2-3-12(9-14)5-8-17(23)21-11-18(24)22-16-10-13(19)6-7-15(16)20/h2-10H,11H2,1H3,(H,21,23)(H,22,24)/b8-5+. The summed E-state index contributed by atoms with van der Waals surface area (Å²) in [6, 6.07) is 12.0. The predicted octanol–water partition coefficient (Wildman–Crippen LogP) is 3.77. The molecule has 0 unspecified atom stereocenters. The summed E-state index contributed by atoms with van der Waals surface area (Å²) in [4.78, 5) is 23.7. The molecule has 0 atom stereocenters. The molecule has 2 aromatic rings. The van der Waals surface area contributed by atoms with Gasteiger partial charge >= 0.3 is 0 Å². The second-order valence-corrected chi connectivity index (χ2v) is 5.84. The van der Waals surface area contributed by atoms with Gasteiger partial charge in [0.25, 0.3) is 0 Å². The quantitative estimate of drug-likeness (QED) is 0.751. The highest BCUT2D eigenvalue weighted by molar-refractivity contribution is 6.35. The molecule has 0 fully saturated rings. The third kappa shape index (κ3) is 6.14. The van der Waals surface area contributed by atoms with Crippen LogP contribution in [0.2, 0.25) is 10.0 Å². The lowest BCUT2D eigenvalue weighted by molar-refractivity contribution is -0.121. The first-order valence-electron chi connectivity index (χ1n) is 7.33. The molecule has 2 rings (SSSR count). The van der Waals surface area contributed by atoms with E-state index in [1.807, 2.05) is 18.2 Å². The van der Waals surface area contributed by atoms with Crippen LogP contribution in [-0.2, 0) is 9.59 Å². The van der Waals surface area contributed by atoms with Crippen molar-refractivity contribution in [1.29, 1.82) is 0 Å². The monoisotopic (exact) mass is 378 g/mol. The Morgan fingerprint density at radius 2 is 1.96 bits per heavy atom. The zero-order valence-corrected chi connectivity index (χ0v) is 14.9. The third-order valence-electron chi connectivity index (χ3n) is 3.15. The smallest absolute Gasteiger partial charge is 0.244 e. The molecule has 0 aliphatic heterocycles. The van der Waals surface area contributed by atoms with E-state index in [4.69, 9.17) is 27.9 Å². The minimum absolute atomic E-state index is 0.190. The summed E-state index contributed by atoms with van der Waals surface area (Å²) in [5.41, 5.74) is 1.20. The van der Waals surface area contributed by atoms with Crippen molar-refractivity contribution in [3.8, 4) is 5.75 Å². The van der Waals surface area contributed by atoms with Gasteiger partial charge < -0.3 is 15.4 Å². The highest BCUT2D eigenvalue weighted by Gasteiger charge is 2.07. The Morgan fingerprint density at radius 3 is 2.72 bits per heavy atom. The minimum atomic E-state index is -0.410. The average Bonchev–Trinajstić information content (AvgIpc) is 2.61. The predicted molar refractivity (Wildman–Crippen MR) is 100 cm³/mol. The van der Waals surface area contributed by atoms with Crippen LogP contribution in [0.5, 0.6) is 5.75 Å². The van der Waals surface area contributed by atoms with Gasteiger partial charge in [-0.15, -0.1) is 0 Å². The van der Waals surface area contributed by atoms with Crippen LogP contribution >= 0.6 is 23.2 Å². The van der Waals surface area contributed by atoms with Gasteiger partial charge in [0, 0.05) is 11.1 Å². The maximum absolute atomic E-state index is 11.9. The number of hydrogen-bond acceptors (Lipinski definition) is 3. The molecule has 0 saturated carbocycles. The van der Waals surface area contributed by atoms with E-state index in [2.05, 4.69) is 10.6 Å². The van der Waals surface area contributed by atoms with Crippen LogP contribution in [0.25, 0.3) is 6.08 Å². The van der Waals surface area contributed by atoms with Crippen molar-refractivity contribution in [3.05, 3.63) is 64.1 Å². The number of methoxy groups -OCH3 is 1. The van der Waals surface area contributed by atoms with Crippen LogP contribution in [0.3, 0.4) is 0 Å². The topological polar surface area (TPSA) is 67.4 Å². The van der Waals surface area contributed by atoms with Gasteiger partial charge in [-0.2, -0.15) is 0 Å². The molecule has 2 amide bonds. The SMILES string of the molecule is COc1cccc(/C=C/C(=O)NCC(=O)Nc2cc(Cl)ccc2Cl)c1. The second kappa shape index (κ2) is 9.11. The van der Waals surface area contributed by atoms with Crippen molar-refractivity contribution in [1.82, 2.24) is 5.32 Å². The van der Waals surface area contributed by atoms with Crippen LogP contribution in [0.15, 0.2) is 48.5 Å². The van der Waals surface area contributed by atoms with E-state index >= 15 is 0 Å². The Hall–Kier alpha value is -2.50. The van der Waals surface area contributed by atoms with Crippen LogP contribution < -0.4 is 15.4 Å². The summed E-state index contributed by atoms with van der Waals surface area (Å²) in [7, 11) is 1.57. The molecule has 130 valence electrons. The number of carbonyl (C=O) groups is 2. The Balaban J connectivity index is 1.85. The molecule has 0 aromatic heterocycles. The zero-order valence-electron chi connectivity index (χ0n) is 13.4. The highest BCUT2D eigenvalue weighted by Crippen LogP contribution is 2.25. The molecular weight excluding hydrogens is 363 g/mol. The van der Waals surface area contributed by atoms with Crippen LogP contribution in [0.1, 0.15) is 5.56 Å². The van der Waals surface area contributed by atoms with Crippen molar-refractivity contribution >= 4 is 46.8 Å². The zero-order chi connectivity index (χ0) is 18.2. The van der Waals surface area contributed by atoms with Gasteiger partial charge in [-0.1, -0.05) is 35.3 Å². The van der Waals surface area contributed by atoms with Gasteiger partial charge in [0.1, 0.15) is 5.75 Å². The molecule has 0 heterocycles. The number of ether oxygens (including phenoxy) is 1. The van der Waals surface area contributed by atoms with Crippen molar-refractivity contribution < 1.29 is 14.3 Å². The first-order chi connectivity index (χ1) is 12.0. The van der Waals surface area contributed by atoms with Gasteiger partial charge in [-0.3, -0.25) is 9.59 Å². The van der Waals surface area contributed by atoms with Gasteiger partial charge in [0.15, 0.2) is 0 Å². The van der Waals surface area contributed by atoms with Crippen LogP contribution in [0, 0.1) is 0 Å². The number of nitrogens with one attached hydrogen (secondary N) is 2. The molecule has 0 aliphatic rings. The van der Waals surface area contributed by atoms with E-state index in [-0.39, 0.29) is 6.54 Å². The molecule has 0 bridgehead atoms. The number of anilines is 1. The van der Waals surface area contributed by atoms with E-state index in [0.29, 0.717) is 21.5 Å². The lowest BCUT2D eigenvalue weighted by atomic mass is 10.2. The number of amides is 2. The molecule has 25 heavy (non-hydrogen) atoms. The van der Waals surface area contributed by atoms with Gasteiger partial charge in [-0.05, 0) is 42.0 Å². The third-order valence-corrected chi connectivity index (χ3v) is 3.71. The van der Waals surface area contributed by atoms with Crippen molar-refractivity contribution in [2.45, 2.75) is 0 Å². The number of hydrogen-bond donors (Lipinski definition) is 2. The van der Waals surface area contributed by atoms with E-state index < -0.39 is 11.8 Å². The van der Waals surface area contributed by atoms with Crippen molar-refractivity contribution in [2.75, 3.05) is 19.0 Å². The molecule has 2 N–H and O–H groups in total. The Morgan fingerprint density at radius 1 is 1.16 bits per heavy atom. The van der Waals surface area contributed by atoms with Crippen molar-refractivity contribution in [2.24, 2.45) is 0 Å². The summed E-state index contributed by atoms with van der Waals surface area (Å²) >= 11 is 11.8.